The molecule has 0 fully saturated rings. The molecule has 13 heavy (non-hydrogen) atoms. The van der Waals surface area contributed by atoms with Gasteiger partial charge in [-0.05, 0) is 5.56 Å². The van der Waals surface area contributed by atoms with E-state index in [0.717, 1.165) is 0 Å². The Labute approximate surface area is 76.8 Å². The molecule has 0 unspecified atom stereocenters. The molecule has 0 bridgehead atoms. The second-order valence-corrected chi connectivity index (χ2v) is 2.28. The molecule has 0 N–H and O–H groups in total. The smallest absolute Gasteiger partial charge is 0.319 e. The molecular weight excluding hydrogens is 166 g/mol. The van der Waals surface area contributed by atoms with Gasteiger partial charge in [-0.25, -0.2) is 4.85 Å². The van der Waals surface area contributed by atoms with Gasteiger partial charge in [0.2, 0.25) is 0 Å². The summed E-state index contributed by atoms with van der Waals surface area (Å²) in [5, 5.41) is 0. The van der Waals surface area contributed by atoms with Crippen LogP contribution >= 0.6 is 0 Å². The van der Waals surface area contributed by atoms with E-state index in [9.17, 15) is 4.79 Å². The van der Waals surface area contributed by atoms with Crippen molar-refractivity contribution in [2.75, 3.05) is 7.11 Å². The predicted octanol–water partition coefficient (Wildman–Crippen LogP) is 1.84. The first-order chi connectivity index (χ1) is 6.26. The molecule has 0 amide bonds. The van der Waals surface area contributed by atoms with Gasteiger partial charge in [0.05, 0.1) is 13.7 Å². The van der Waals surface area contributed by atoms with E-state index in [4.69, 9.17) is 6.57 Å². The van der Waals surface area contributed by atoms with E-state index in [1.807, 2.05) is 0 Å². The van der Waals surface area contributed by atoms with Crippen LogP contribution in [-0.2, 0) is 9.53 Å². The Bertz CT molecular complexity index is 352. The first-order valence-electron chi connectivity index (χ1n) is 3.59. The van der Waals surface area contributed by atoms with Gasteiger partial charge >= 0.3 is 5.97 Å². The minimum absolute atomic E-state index is 0.480. The Hall–Kier alpha value is -1.82. The first-order valence-corrected chi connectivity index (χ1v) is 3.59. The largest absolute Gasteiger partial charge is 0.468 e. The van der Waals surface area contributed by atoms with Crippen molar-refractivity contribution >= 4 is 11.7 Å². The van der Waals surface area contributed by atoms with Crippen LogP contribution in [0.25, 0.3) is 4.85 Å². The zero-order chi connectivity index (χ0) is 9.68. The zero-order valence-electron chi connectivity index (χ0n) is 7.07. The Balaban J connectivity index is 2.79. The molecule has 0 aliphatic rings. The van der Waals surface area contributed by atoms with Crippen LogP contribution in [0.3, 0.4) is 0 Å². The highest BCUT2D eigenvalue weighted by Crippen LogP contribution is 2.15. The highest BCUT2D eigenvalue weighted by Gasteiger charge is 2.04. The maximum atomic E-state index is 10.8. The molecule has 3 heteroatoms. The third kappa shape index (κ3) is 2.60. The van der Waals surface area contributed by atoms with Gasteiger partial charge in [0.15, 0.2) is 5.69 Å². The van der Waals surface area contributed by atoms with E-state index in [2.05, 4.69) is 16.0 Å². The van der Waals surface area contributed by atoms with Gasteiger partial charge in [0.1, 0.15) is 6.42 Å². The topological polar surface area (TPSA) is 30.7 Å². The quantitative estimate of drug-likeness (QED) is 0.504. The van der Waals surface area contributed by atoms with Crippen LogP contribution in [0.5, 0.6) is 0 Å². The van der Waals surface area contributed by atoms with Gasteiger partial charge in [-0.15, -0.1) is 0 Å². The van der Waals surface area contributed by atoms with E-state index in [-0.39, 0.29) is 0 Å². The van der Waals surface area contributed by atoms with E-state index < -0.39 is 5.97 Å². The maximum Gasteiger partial charge on any atom is 0.319 e. The van der Waals surface area contributed by atoms with Gasteiger partial charge in [0.25, 0.3) is 0 Å². The number of hydrogen-bond donors (Lipinski definition) is 0. The lowest BCUT2D eigenvalue weighted by Crippen LogP contribution is -2.01. The monoisotopic (exact) mass is 173 g/mol. The number of methoxy groups -OCH3 is 1. The van der Waals surface area contributed by atoms with Crippen LogP contribution in [-0.4, -0.2) is 13.1 Å². The molecule has 0 saturated carbocycles. The Morgan fingerprint density at radius 2 is 2.38 bits per heavy atom. The van der Waals surface area contributed by atoms with Crippen LogP contribution in [0.1, 0.15) is 5.56 Å². The Kier molecular flexibility index (Phi) is 3.04. The summed E-state index contributed by atoms with van der Waals surface area (Å²) in [6.45, 7) is 6.75. The lowest BCUT2D eigenvalue weighted by atomic mass is 10.1. The summed E-state index contributed by atoms with van der Waals surface area (Å²) in [7, 11) is 1.29. The number of rotatable bonds is 2. The third-order valence-corrected chi connectivity index (χ3v) is 1.41. The number of benzene rings is 1. The van der Waals surface area contributed by atoms with E-state index in [1.165, 1.54) is 7.11 Å². The standard InChI is InChI=1S/C10H7NO2/c1-11-9-5-3-4-8(6-9)7-10(12)13-2/h3-6H,2H3. The molecule has 3 nitrogen and oxygen atoms in total. The predicted molar refractivity (Wildman–Crippen MR) is 47.1 cm³/mol. The highest BCUT2D eigenvalue weighted by atomic mass is 16.5. The molecule has 64 valence electrons. The number of hydrogen-bond acceptors (Lipinski definition) is 2. The van der Waals surface area contributed by atoms with Gasteiger partial charge in [-0.1, -0.05) is 24.3 Å². The van der Waals surface area contributed by atoms with Gasteiger partial charge in [0, 0.05) is 0 Å². The minimum Gasteiger partial charge on any atom is -0.468 e. The van der Waals surface area contributed by atoms with Crippen molar-refractivity contribution in [3.05, 3.63) is 47.7 Å². The summed E-state index contributed by atoms with van der Waals surface area (Å²) in [5.41, 5.74) is 1.04. The summed E-state index contributed by atoms with van der Waals surface area (Å²) in [6.07, 6.45) is 2.46. The Morgan fingerprint density at radius 1 is 1.62 bits per heavy atom. The normalized spacial score (nSPS) is 8.92. The summed E-state index contributed by atoms with van der Waals surface area (Å²) in [6, 6.07) is 6.61. The van der Waals surface area contributed by atoms with E-state index >= 15 is 0 Å². The van der Waals surface area contributed by atoms with E-state index in [0.29, 0.717) is 11.3 Å². The minimum atomic E-state index is -0.540. The molecule has 1 rings (SSSR count). The fourth-order valence-corrected chi connectivity index (χ4v) is 0.822. The lowest BCUT2D eigenvalue weighted by Gasteiger charge is -1.98. The molecule has 0 saturated heterocycles. The zero-order valence-corrected chi connectivity index (χ0v) is 7.07. The van der Waals surface area contributed by atoms with Gasteiger partial charge in [-0.2, -0.15) is 0 Å². The third-order valence-electron chi connectivity index (χ3n) is 1.41. The summed E-state index contributed by atoms with van der Waals surface area (Å²) < 4.78 is 4.40. The maximum absolute atomic E-state index is 10.8. The molecule has 0 heterocycles. The molecule has 0 aliphatic carbocycles. The summed E-state index contributed by atoms with van der Waals surface area (Å²) in [5.74, 6) is -0.540. The molecular formula is C10H7NO2. The summed E-state index contributed by atoms with van der Waals surface area (Å²) >= 11 is 0. The number of ether oxygens (including phenoxy) is 1. The van der Waals surface area contributed by atoms with E-state index in [1.54, 1.807) is 24.3 Å². The van der Waals surface area contributed by atoms with Crippen LogP contribution in [0.15, 0.2) is 24.3 Å². The van der Waals surface area contributed by atoms with Crippen molar-refractivity contribution in [2.24, 2.45) is 0 Å². The molecule has 0 aromatic heterocycles. The van der Waals surface area contributed by atoms with Crippen molar-refractivity contribution in [3.63, 3.8) is 0 Å². The first kappa shape index (κ1) is 9.27. The average molecular weight is 173 g/mol. The van der Waals surface area contributed by atoms with Crippen LogP contribution in [0, 0.1) is 13.0 Å². The van der Waals surface area contributed by atoms with Crippen molar-refractivity contribution in [1.82, 2.24) is 0 Å². The SMILES string of the molecule is [C-]#[N+]c1cccc([C]C(=O)OC)c1. The molecule has 1 aromatic carbocycles. The summed E-state index contributed by atoms with van der Waals surface area (Å²) in [4.78, 5) is 14.0. The van der Waals surface area contributed by atoms with Crippen molar-refractivity contribution in [2.45, 2.75) is 0 Å². The Morgan fingerprint density at radius 3 is 3.00 bits per heavy atom. The van der Waals surface area contributed by atoms with Crippen molar-refractivity contribution in [3.8, 4) is 0 Å². The lowest BCUT2D eigenvalue weighted by molar-refractivity contribution is -0.136. The molecule has 0 aliphatic heterocycles. The highest BCUT2D eigenvalue weighted by molar-refractivity contribution is 5.83. The van der Waals surface area contributed by atoms with Crippen LogP contribution in [0.4, 0.5) is 5.69 Å². The van der Waals surface area contributed by atoms with Gasteiger partial charge in [-0.3, -0.25) is 4.79 Å². The number of carbonyl (C=O) groups is 1. The number of nitrogens with zero attached hydrogens (tertiary/aromatic N) is 1. The van der Waals surface area contributed by atoms with Crippen LogP contribution < -0.4 is 0 Å². The molecule has 0 spiro atoms. The van der Waals surface area contributed by atoms with Crippen molar-refractivity contribution < 1.29 is 9.53 Å². The molecule has 2 radical (unpaired) electrons. The average Bonchev–Trinajstić information content (AvgIpc) is 2.18. The molecule has 0 atom stereocenters. The van der Waals surface area contributed by atoms with Crippen molar-refractivity contribution in [1.29, 1.82) is 0 Å². The molecule has 1 aromatic rings. The fourth-order valence-electron chi connectivity index (χ4n) is 0.822. The number of carbonyl (C=O) groups excluding carboxylic acids is 1. The fraction of sp³-hybridized carbons (Fsp3) is 0.100. The van der Waals surface area contributed by atoms with Gasteiger partial charge < -0.3 is 4.74 Å². The van der Waals surface area contributed by atoms with Crippen LogP contribution in [0.2, 0.25) is 0 Å². The second kappa shape index (κ2) is 4.27. The second-order valence-electron chi connectivity index (χ2n) is 2.28. The number of esters is 1.